The van der Waals surface area contributed by atoms with Crippen molar-refractivity contribution < 1.29 is 14.3 Å². The van der Waals surface area contributed by atoms with E-state index in [4.69, 9.17) is 9.47 Å². The van der Waals surface area contributed by atoms with Gasteiger partial charge in [0.1, 0.15) is 6.61 Å². The average molecular weight is 258 g/mol. The summed E-state index contributed by atoms with van der Waals surface area (Å²) in [6.07, 6.45) is 3.67. The van der Waals surface area contributed by atoms with Gasteiger partial charge in [0.05, 0.1) is 13.2 Å². The molecule has 18 heavy (non-hydrogen) atoms. The average Bonchev–Trinajstić information content (AvgIpc) is 2.42. The number of amides is 1. The maximum Gasteiger partial charge on any atom is 0.248 e. The Bertz CT molecular complexity index is 230. The minimum atomic E-state index is 0.0703. The molecule has 0 aromatic carbocycles. The Morgan fingerprint density at radius 2 is 2.22 bits per heavy atom. The van der Waals surface area contributed by atoms with Crippen molar-refractivity contribution in [2.75, 3.05) is 46.6 Å². The van der Waals surface area contributed by atoms with Crippen LogP contribution >= 0.6 is 0 Å². The van der Waals surface area contributed by atoms with E-state index < -0.39 is 0 Å². The van der Waals surface area contributed by atoms with Gasteiger partial charge < -0.3 is 19.7 Å². The quantitative estimate of drug-likeness (QED) is 0.649. The molecule has 0 aromatic rings. The minimum absolute atomic E-state index is 0.0703. The predicted octanol–water partition coefficient (Wildman–Crippen LogP) is 0.640. The lowest BCUT2D eigenvalue weighted by Gasteiger charge is -2.30. The normalized spacial score (nSPS) is 19.8. The van der Waals surface area contributed by atoms with Crippen LogP contribution in [0.15, 0.2) is 0 Å². The molecule has 1 unspecified atom stereocenters. The molecule has 1 saturated heterocycles. The number of carbonyl (C=O) groups excluding carboxylic acids is 1. The fourth-order valence-corrected chi connectivity index (χ4v) is 2.15. The van der Waals surface area contributed by atoms with Crippen molar-refractivity contribution >= 4 is 5.91 Å². The molecule has 5 nitrogen and oxygen atoms in total. The van der Waals surface area contributed by atoms with E-state index in [0.29, 0.717) is 19.3 Å². The number of hydrogen-bond acceptors (Lipinski definition) is 4. The highest BCUT2D eigenvalue weighted by Gasteiger charge is 2.19. The van der Waals surface area contributed by atoms with E-state index in [2.05, 4.69) is 5.32 Å². The van der Waals surface area contributed by atoms with E-state index in [9.17, 15) is 4.79 Å². The van der Waals surface area contributed by atoms with Gasteiger partial charge in [-0.1, -0.05) is 6.42 Å². The summed E-state index contributed by atoms with van der Waals surface area (Å²) in [6, 6.07) is 0.446. The van der Waals surface area contributed by atoms with Crippen molar-refractivity contribution in [2.45, 2.75) is 32.2 Å². The third kappa shape index (κ3) is 5.80. The Labute approximate surface area is 110 Å². The van der Waals surface area contributed by atoms with Gasteiger partial charge in [-0.2, -0.15) is 0 Å². The van der Waals surface area contributed by atoms with Crippen LogP contribution in [0.4, 0.5) is 0 Å². The molecule has 106 valence electrons. The number of methoxy groups -OCH3 is 1. The van der Waals surface area contributed by atoms with Crippen molar-refractivity contribution in [3.05, 3.63) is 0 Å². The van der Waals surface area contributed by atoms with Crippen molar-refractivity contribution in [3.63, 3.8) is 0 Å². The molecular formula is C13H26N2O3. The Morgan fingerprint density at radius 1 is 1.39 bits per heavy atom. The van der Waals surface area contributed by atoms with Crippen LogP contribution in [0.25, 0.3) is 0 Å². The first-order valence-corrected chi connectivity index (χ1v) is 6.85. The van der Waals surface area contributed by atoms with Crippen LogP contribution in [0.1, 0.15) is 26.2 Å². The molecule has 1 rings (SSSR count). The molecule has 1 atom stereocenters. The van der Waals surface area contributed by atoms with E-state index >= 15 is 0 Å². The van der Waals surface area contributed by atoms with Crippen LogP contribution in [-0.4, -0.2) is 63.4 Å². The lowest BCUT2D eigenvalue weighted by atomic mass is 10.0. The fraction of sp³-hybridized carbons (Fsp3) is 0.923. The molecule has 1 heterocycles. The van der Waals surface area contributed by atoms with E-state index in [-0.39, 0.29) is 12.5 Å². The van der Waals surface area contributed by atoms with Crippen LogP contribution < -0.4 is 5.32 Å². The molecule has 0 aliphatic carbocycles. The summed E-state index contributed by atoms with van der Waals surface area (Å²) in [5.74, 6) is 0.0703. The highest BCUT2D eigenvalue weighted by molar-refractivity contribution is 5.77. The third-order valence-electron chi connectivity index (χ3n) is 3.24. The van der Waals surface area contributed by atoms with Crippen LogP contribution in [0.5, 0.6) is 0 Å². The largest absolute Gasteiger partial charge is 0.382 e. The molecule has 0 spiro atoms. The Morgan fingerprint density at radius 3 is 2.83 bits per heavy atom. The first kappa shape index (κ1) is 15.4. The fourth-order valence-electron chi connectivity index (χ4n) is 2.15. The van der Waals surface area contributed by atoms with Gasteiger partial charge in [-0.05, 0) is 26.3 Å². The summed E-state index contributed by atoms with van der Waals surface area (Å²) in [6.45, 7) is 5.78. The summed E-state index contributed by atoms with van der Waals surface area (Å²) in [4.78, 5) is 13.8. The van der Waals surface area contributed by atoms with Crippen LogP contribution in [0.3, 0.4) is 0 Å². The second kappa shape index (κ2) is 9.30. The SMILES string of the molecule is CCN(CC1CCCCN1)C(=O)COCCOC. The number of nitrogens with one attached hydrogen (secondary N) is 1. The standard InChI is InChI=1S/C13H26N2O3/c1-3-15(10-12-6-4-5-7-14-12)13(16)11-18-9-8-17-2/h12,14H,3-11H2,1-2H3. The van der Waals surface area contributed by atoms with E-state index in [1.807, 2.05) is 11.8 Å². The zero-order chi connectivity index (χ0) is 13.2. The molecule has 5 heteroatoms. The van der Waals surface area contributed by atoms with Gasteiger partial charge in [0.25, 0.3) is 0 Å². The number of carbonyl (C=O) groups is 1. The lowest BCUT2D eigenvalue weighted by Crippen LogP contribution is -2.46. The van der Waals surface area contributed by atoms with Gasteiger partial charge in [0, 0.05) is 26.2 Å². The third-order valence-corrected chi connectivity index (χ3v) is 3.24. The van der Waals surface area contributed by atoms with E-state index in [1.54, 1.807) is 7.11 Å². The van der Waals surface area contributed by atoms with Crippen molar-refractivity contribution in [1.29, 1.82) is 0 Å². The molecule has 1 aliphatic rings. The summed E-state index contributed by atoms with van der Waals surface area (Å²) < 4.78 is 10.1. The monoisotopic (exact) mass is 258 g/mol. The summed E-state index contributed by atoms with van der Waals surface area (Å²) in [5, 5.41) is 3.46. The van der Waals surface area contributed by atoms with Crippen molar-refractivity contribution in [2.24, 2.45) is 0 Å². The maximum atomic E-state index is 11.9. The highest BCUT2D eigenvalue weighted by atomic mass is 16.5. The number of piperidine rings is 1. The van der Waals surface area contributed by atoms with Gasteiger partial charge >= 0.3 is 0 Å². The number of nitrogens with zero attached hydrogens (tertiary/aromatic N) is 1. The van der Waals surface area contributed by atoms with Crippen LogP contribution in [0.2, 0.25) is 0 Å². The van der Waals surface area contributed by atoms with Crippen LogP contribution in [-0.2, 0) is 14.3 Å². The predicted molar refractivity (Wildman–Crippen MR) is 70.6 cm³/mol. The number of hydrogen-bond donors (Lipinski definition) is 1. The van der Waals surface area contributed by atoms with Crippen molar-refractivity contribution in [3.8, 4) is 0 Å². The molecule has 1 fully saturated rings. The Kier molecular flexibility index (Phi) is 7.96. The molecule has 0 bridgehead atoms. The maximum absolute atomic E-state index is 11.9. The minimum Gasteiger partial charge on any atom is -0.382 e. The molecular weight excluding hydrogens is 232 g/mol. The van der Waals surface area contributed by atoms with Crippen molar-refractivity contribution in [1.82, 2.24) is 10.2 Å². The summed E-state index contributed by atoms with van der Waals surface area (Å²) in [5.41, 5.74) is 0. The lowest BCUT2D eigenvalue weighted by molar-refractivity contribution is -0.136. The molecule has 1 N–H and O–H groups in total. The Hall–Kier alpha value is -0.650. The molecule has 0 radical (unpaired) electrons. The zero-order valence-electron chi connectivity index (χ0n) is 11.6. The Balaban J connectivity index is 2.23. The number of likely N-dealkylation sites (N-methyl/N-ethyl adjacent to an activating group) is 1. The van der Waals surface area contributed by atoms with E-state index in [1.165, 1.54) is 12.8 Å². The van der Waals surface area contributed by atoms with Gasteiger partial charge in [0.15, 0.2) is 0 Å². The first-order valence-electron chi connectivity index (χ1n) is 6.85. The van der Waals surface area contributed by atoms with E-state index in [0.717, 1.165) is 26.1 Å². The second-order valence-electron chi connectivity index (χ2n) is 4.62. The highest BCUT2D eigenvalue weighted by Crippen LogP contribution is 2.08. The summed E-state index contributed by atoms with van der Waals surface area (Å²) >= 11 is 0. The molecule has 0 aromatic heterocycles. The molecule has 0 saturated carbocycles. The van der Waals surface area contributed by atoms with Crippen LogP contribution in [0, 0.1) is 0 Å². The summed E-state index contributed by atoms with van der Waals surface area (Å²) in [7, 11) is 1.62. The molecule has 1 amide bonds. The first-order chi connectivity index (χ1) is 8.77. The zero-order valence-corrected chi connectivity index (χ0v) is 11.6. The van der Waals surface area contributed by atoms with Gasteiger partial charge in [-0.3, -0.25) is 4.79 Å². The molecule has 1 aliphatic heterocycles. The second-order valence-corrected chi connectivity index (χ2v) is 4.62. The van der Waals surface area contributed by atoms with Gasteiger partial charge in [-0.15, -0.1) is 0 Å². The number of ether oxygens (including phenoxy) is 2. The van der Waals surface area contributed by atoms with Gasteiger partial charge in [-0.25, -0.2) is 0 Å². The topological polar surface area (TPSA) is 50.8 Å². The number of rotatable bonds is 8. The van der Waals surface area contributed by atoms with Gasteiger partial charge in [0.2, 0.25) is 5.91 Å². The smallest absolute Gasteiger partial charge is 0.248 e.